The van der Waals surface area contributed by atoms with Crippen LogP contribution in [0.2, 0.25) is 0 Å². The zero-order valence-corrected chi connectivity index (χ0v) is 34.4. The van der Waals surface area contributed by atoms with Crippen LogP contribution < -0.4 is 4.74 Å². The Bertz CT molecular complexity index is 2240. The van der Waals surface area contributed by atoms with Crippen LogP contribution in [0.25, 0.3) is 33.3 Å². The van der Waals surface area contributed by atoms with Gasteiger partial charge in [0.1, 0.15) is 5.82 Å². The van der Waals surface area contributed by atoms with Crippen molar-refractivity contribution in [2.24, 2.45) is 17.8 Å². The van der Waals surface area contributed by atoms with E-state index in [4.69, 9.17) is 14.8 Å². The number of ether oxygens (including phenoxy) is 1. The fourth-order valence-corrected chi connectivity index (χ4v) is 8.13. The van der Waals surface area contributed by atoms with Crippen LogP contribution in [0.3, 0.4) is 0 Å². The molecule has 3 aromatic carbocycles. The van der Waals surface area contributed by atoms with Crippen LogP contribution in [0, 0.1) is 36.8 Å². The number of rotatable bonds is 10. The molecule has 1 unspecified atom stereocenters. The van der Waals surface area contributed by atoms with Crippen LogP contribution in [-0.2, 0) is 33.9 Å². The minimum atomic E-state index is 0. The van der Waals surface area contributed by atoms with Gasteiger partial charge >= 0.3 is 21.1 Å². The number of pyridine rings is 1. The monoisotopic (exact) mass is 871 g/mol. The molecule has 2 atom stereocenters. The van der Waals surface area contributed by atoms with E-state index in [1.165, 1.54) is 39.8 Å². The second kappa shape index (κ2) is 15.6. The molecule has 3 aromatic heterocycles. The van der Waals surface area contributed by atoms with Gasteiger partial charge in [-0.05, 0) is 98.0 Å². The van der Waals surface area contributed by atoms with Crippen molar-refractivity contribution in [3.05, 3.63) is 119 Å². The maximum absolute atomic E-state index is 6.72. The summed E-state index contributed by atoms with van der Waals surface area (Å²) in [6, 6.07) is 28.7. The quantitative estimate of drug-likeness (QED) is 0.102. The molecule has 0 bridgehead atoms. The maximum Gasteiger partial charge on any atom is 2.00 e. The molecule has 0 amide bonds. The molecular weight excluding hydrogens is 820 g/mol. The normalized spacial score (nSPS) is 16.3. The van der Waals surface area contributed by atoms with Crippen molar-refractivity contribution in [3.63, 3.8) is 0 Å². The number of aryl methyl sites for hydroxylation is 1. The molecule has 1 aliphatic rings. The first-order chi connectivity index (χ1) is 24.5. The smallest absolute Gasteiger partial charge is 0.509 e. The summed E-state index contributed by atoms with van der Waals surface area (Å²) < 4.78 is 11.1. The molecule has 0 saturated heterocycles. The topological polar surface area (TPSA) is 44.9 Å². The van der Waals surface area contributed by atoms with Gasteiger partial charge in [0.2, 0.25) is 0 Å². The second-order valence-corrected chi connectivity index (χ2v) is 15.9. The first kappa shape index (κ1) is 37.8. The van der Waals surface area contributed by atoms with Crippen molar-refractivity contribution in [1.29, 1.82) is 0 Å². The van der Waals surface area contributed by atoms with E-state index in [1.807, 2.05) is 12.3 Å². The number of fused-ring (bicyclic) bond motifs is 3. The Balaban J connectivity index is 0.00000464. The third-order valence-electron chi connectivity index (χ3n) is 10.5. The van der Waals surface area contributed by atoms with E-state index in [1.54, 1.807) is 0 Å². The molecule has 6 heteroatoms. The number of nitrogens with zero attached hydrogens (tertiary/aromatic N) is 4. The Labute approximate surface area is 324 Å². The number of benzene rings is 3. The van der Waals surface area contributed by atoms with E-state index in [2.05, 4.69) is 144 Å². The third-order valence-corrected chi connectivity index (χ3v) is 10.5. The minimum Gasteiger partial charge on any atom is -0.509 e. The SMILES string of the molecule is CC1=CCC[C@H](C)C1c1c(C)nn(-c2[c-]c(Oc3[c-]c4c(cc3)c3ccccc3n4-c3cc(CC(C)C)ccn3)cc(C(C)C)c2)c1CC(C)C.[Pt+2]. The number of allylic oxidation sites excluding steroid dienone is 2. The summed E-state index contributed by atoms with van der Waals surface area (Å²) >= 11 is 0. The molecule has 0 saturated carbocycles. The van der Waals surface area contributed by atoms with E-state index in [0.717, 1.165) is 52.9 Å². The van der Waals surface area contributed by atoms with Gasteiger partial charge < -0.3 is 9.30 Å². The number of hydrogen-bond acceptors (Lipinski definition) is 3. The Morgan fingerprint density at radius 3 is 2.37 bits per heavy atom. The average Bonchev–Trinajstić information content (AvgIpc) is 3.57. The van der Waals surface area contributed by atoms with Crippen LogP contribution in [-0.4, -0.2) is 19.3 Å². The number of aromatic nitrogens is 4. The molecule has 7 rings (SSSR count). The molecule has 0 fully saturated rings. The van der Waals surface area contributed by atoms with Gasteiger partial charge in [-0.3, -0.25) is 4.68 Å². The summed E-state index contributed by atoms with van der Waals surface area (Å²) in [5, 5.41) is 7.53. The molecular formula is C46H52N4OPt. The molecule has 3 heterocycles. The maximum atomic E-state index is 6.72. The fraction of sp³-hybridized carbons (Fsp3) is 0.391. The van der Waals surface area contributed by atoms with Gasteiger partial charge in [0.05, 0.1) is 5.69 Å². The standard InChI is InChI=1S/C46H52N4O.Pt/c1-28(2)21-34-19-20-47-44(23-34)49-41-16-11-10-15-39(41)40-18-17-37(27-42(40)49)51-38-25-35(30(5)6)24-36(26-38)50-43(22-29(3)4)46(33(9)48-50)45-31(7)13-12-14-32(45)8;/h10-11,13,15-20,23-25,28-30,32,45H,12,14,21-22H2,1-9H3;/q-2;+2/t32-,45?;/m0./s1. The van der Waals surface area contributed by atoms with Crippen LogP contribution in [0.4, 0.5) is 0 Å². The molecule has 0 N–H and O–H groups in total. The van der Waals surface area contributed by atoms with Gasteiger partial charge in [0, 0.05) is 40.4 Å². The van der Waals surface area contributed by atoms with E-state index in [9.17, 15) is 0 Å². The molecule has 6 aromatic rings. The van der Waals surface area contributed by atoms with Crippen molar-refractivity contribution in [2.75, 3.05) is 0 Å². The van der Waals surface area contributed by atoms with Crippen molar-refractivity contribution in [1.82, 2.24) is 19.3 Å². The van der Waals surface area contributed by atoms with Crippen molar-refractivity contribution in [3.8, 4) is 23.0 Å². The van der Waals surface area contributed by atoms with Crippen molar-refractivity contribution in [2.45, 2.75) is 99.8 Å². The summed E-state index contributed by atoms with van der Waals surface area (Å²) in [6.45, 7) is 20.5. The fourth-order valence-electron chi connectivity index (χ4n) is 8.13. The van der Waals surface area contributed by atoms with E-state index in [0.29, 0.717) is 41.1 Å². The largest absolute Gasteiger partial charge is 2.00 e. The average molecular weight is 872 g/mol. The van der Waals surface area contributed by atoms with Crippen LogP contribution in [0.15, 0.2) is 78.5 Å². The summed E-state index contributed by atoms with van der Waals surface area (Å²) in [5.41, 5.74) is 10.7. The van der Waals surface area contributed by atoms with E-state index in [-0.39, 0.29) is 21.1 Å². The molecule has 1 aliphatic carbocycles. The first-order valence-corrected chi connectivity index (χ1v) is 18.9. The van der Waals surface area contributed by atoms with Crippen LogP contribution in [0.5, 0.6) is 11.5 Å². The van der Waals surface area contributed by atoms with E-state index >= 15 is 0 Å². The molecule has 0 spiro atoms. The van der Waals surface area contributed by atoms with Gasteiger partial charge in [-0.2, -0.15) is 11.2 Å². The Hall–Kier alpha value is -3.95. The van der Waals surface area contributed by atoms with Gasteiger partial charge in [0.25, 0.3) is 0 Å². The minimum absolute atomic E-state index is 0. The zero-order valence-electron chi connectivity index (χ0n) is 32.2. The van der Waals surface area contributed by atoms with Gasteiger partial charge in [-0.1, -0.05) is 83.8 Å². The third kappa shape index (κ3) is 7.44. The molecule has 52 heavy (non-hydrogen) atoms. The summed E-state index contributed by atoms with van der Waals surface area (Å²) in [4.78, 5) is 4.84. The van der Waals surface area contributed by atoms with Gasteiger partial charge in [0.15, 0.2) is 0 Å². The van der Waals surface area contributed by atoms with Gasteiger partial charge in [-0.25, -0.2) is 4.98 Å². The van der Waals surface area contributed by atoms with Crippen molar-refractivity contribution >= 4 is 21.8 Å². The molecule has 272 valence electrons. The second-order valence-electron chi connectivity index (χ2n) is 15.9. The van der Waals surface area contributed by atoms with Crippen LogP contribution in [0.1, 0.15) is 108 Å². The summed E-state index contributed by atoms with van der Waals surface area (Å²) in [7, 11) is 0. The van der Waals surface area contributed by atoms with Crippen molar-refractivity contribution < 1.29 is 25.8 Å². The van der Waals surface area contributed by atoms with E-state index < -0.39 is 0 Å². The predicted octanol–water partition coefficient (Wildman–Crippen LogP) is 12.0. The molecule has 5 nitrogen and oxygen atoms in total. The summed E-state index contributed by atoms with van der Waals surface area (Å²) in [5.74, 6) is 4.51. The summed E-state index contributed by atoms with van der Waals surface area (Å²) in [6.07, 6.45) is 8.67. The Kier molecular flexibility index (Phi) is 11.3. The Morgan fingerprint density at radius 1 is 0.865 bits per heavy atom. The predicted molar refractivity (Wildman–Crippen MR) is 211 cm³/mol. The molecule has 0 aliphatic heterocycles. The first-order valence-electron chi connectivity index (χ1n) is 18.9. The zero-order chi connectivity index (χ0) is 36.0. The molecule has 0 radical (unpaired) electrons. The number of hydrogen-bond donors (Lipinski definition) is 0. The Morgan fingerprint density at radius 2 is 1.63 bits per heavy atom. The van der Waals surface area contributed by atoms with Gasteiger partial charge in [-0.15, -0.1) is 41.3 Å². The number of para-hydroxylation sites is 1. The van der Waals surface area contributed by atoms with Crippen LogP contribution >= 0.6 is 0 Å².